The predicted molar refractivity (Wildman–Crippen MR) is 120 cm³/mol. The van der Waals surface area contributed by atoms with E-state index in [1.54, 1.807) is 12.2 Å². The summed E-state index contributed by atoms with van der Waals surface area (Å²) in [4.78, 5) is 23.5. The average Bonchev–Trinajstić information content (AvgIpc) is 2.79. The molecule has 0 saturated heterocycles. The van der Waals surface area contributed by atoms with Crippen molar-refractivity contribution in [2.24, 2.45) is 0 Å². The summed E-state index contributed by atoms with van der Waals surface area (Å²) in [5.74, 6) is -2.61. The van der Waals surface area contributed by atoms with E-state index in [0.717, 1.165) is 16.3 Å². The summed E-state index contributed by atoms with van der Waals surface area (Å²) in [6, 6.07) is 12.4. The zero-order valence-electron chi connectivity index (χ0n) is 18.0. The molecule has 33 heavy (non-hydrogen) atoms. The lowest BCUT2D eigenvalue weighted by Crippen LogP contribution is -2.61. The fourth-order valence-electron chi connectivity index (χ4n) is 3.86. The van der Waals surface area contributed by atoms with Crippen LogP contribution in [0.3, 0.4) is 0 Å². The van der Waals surface area contributed by atoms with E-state index in [-0.39, 0.29) is 12.0 Å². The largest absolute Gasteiger partial charge is 0.478 e. The number of aliphatic hydroxyl groups excluding tert-OH is 4. The number of benzene rings is 2. The standard InChI is InChI=1S/C24H27NO8/c1-13(27)25-19-20(29)17(22(24(31)32)33-23(19)21(30)18(28)12-26)8-4-5-14-9-10-15-6-2-3-7-16(15)11-14/h2-7,9-11,18-21,23,26,28-30H,8,12H2,1H3,(H,25,27)(H,31,32)/b5-4+/t18-,19-,20+,21-,23-/m1/s1. The van der Waals surface area contributed by atoms with Crippen LogP contribution in [0, 0.1) is 0 Å². The van der Waals surface area contributed by atoms with Crippen molar-refractivity contribution in [1.82, 2.24) is 5.32 Å². The molecule has 0 bridgehead atoms. The number of hydrogen-bond acceptors (Lipinski definition) is 7. The van der Waals surface area contributed by atoms with E-state index in [0.29, 0.717) is 0 Å². The highest BCUT2D eigenvalue weighted by Crippen LogP contribution is 2.30. The molecular formula is C24H27NO8. The molecule has 0 aliphatic carbocycles. The van der Waals surface area contributed by atoms with Gasteiger partial charge in [0.05, 0.1) is 12.6 Å². The van der Waals surface area contributed by atoms with Crippen LogP contribution in [-0.2, 0) is 14.3 Å². The van der Waals surface area contributed by atoms with Gasteiger partial charge in [-0.25, -0.2) is 4.79 Å². The normalized spacial score (nSPS) is 22.8. The lowest BCUT2D eigenvalue weighted by atomic mass is 9.87. The Hall–Kier alpha value is -3.24. The average molecular weight is 457 g/mol. The molecule has 2 aromatic rings. The molecule has 0 aromatic heterocycles. The maximum absolute atomic E-state index is 11.8. The van der Waals surface area contributed by atoms with E-state index >= 15 is 0 Å². The van der Waals surface area contributed by atoms with Crippen LogP contribution < -0.4 is 5.32 Å². The highest BCUT2D eigenvalue weighted by molar-refractivity contribution is 5.86. The molecule has 0 saturated carbocycles. The Bertz CT molecular complexity index is 1080. The van der Waals surface area contributed by atoms with E-state index in [2.05, 4.69) is 5.32 Å². The Balaban J connectivity index is 1.90. The molecule has 0 spiro atoms. The van der Waals surface area contributed by atoms with Gasteiger partial charge in [0.25, 0.3) is 0 Å². The quantitative estimate of drug-likeness (QED) is 0.336. The van der Waals surface area contributed by atoms with Crippen molar-refractivity contribution in [3.63, 3.8) is 0 Å². The van der Waals surface area contributed by atoms with Crippen LogP contribution in [0.2, 0.25) is 0 Å². The molecule has 2 aromatic carbocycles. The van der Waals surface area contributed by atoms with Crippen LogP contribution in [0.15, 0.2) is 59.9 Å². The SMILES string of the molecule is CC(=O)N[C@H]1[C@H]([C@H](O)[C@H](O)CO)OC(C(=O)O)=C(C/C=C/c2ccc3ccccc3c2)[C@@H]1O. The van der Waals surface area contributed by atoms with E-state index in [9.17, 15) is 30.0 Å². The number of allylic oxidation sites excluding steroid dienone is 1. The minimum atomic E-state index is -1.76. The highest BCUT2D eigenvalue weighted by Gasteiger charge is 2.46. The van der Waals surface area contributed by atoms with Gasteiger partial charge >= 0.3 is 5.97 Å². The summed E-state index contributed by atoms with van der Waals surface area (Å²) in [5, 5.41) is 54.3. The van der Waals surface area contributed by atoms with Gasteiger partial charge in [-0.05, 0) is 28.8 Å². The van der Waals surface area contributed by atoms with E-state index in [4.69, 9.17) is 9.84 Å². The molecule has 0 unspecified atom stereocenters. The number of nitrogens with one attached hydrogen (secondary N) is 1. The maximum atomic E-state index is 11.8. The van der Waals surface area contributed by atoms with Crippen LogP contribution >= 0.6 is 0 Å². The molecule has 176 valence electrons. The molecule has 9 nitrogen and oxygen atoms in total. The van der Waals surface area contributed by atoms with Crippen molar-refractivity contribution in [1.29, 1.82) is 0 Å². The van der Waals surface area contributed by atoms with Gasteiger partial charge in [0.1, 0.15) is 18.3 Å². The van der Waals surface area contributed by atoms with Crippen molar-refractivity contribution in [2.75, 3.05) is 6.61 Å². The van der Waals surface area contributed by atoms with Crippen LogP contribution in [0.5, 0.6) is 0 Å². The number of amides is 1. The van der Waals surface area contributed by atoms with E-state index in [1.165, 1.54) is 6.92 Å². The van der Waals surface area contributed by atoms with Gasteiger partial charge in [0.15, 0.2) is 6.10 Å². The summed E-state index contributed by atoms with van der Waals surface area (Å²) in [6.45, 7) is 0.367. The Morgan fingerprint density at radius 3 is 2.48 bits per heavy atom. The molecule has 1 aliphatic rings. The highest BCUT2D eigenvalue weighted by atomic mass is 16.5. The first-order chi connectivity index (χ1) is 15.7. The van der Waals surface area contributed by atoms with Crippen LogP contribution in [0.25, 0.3) is 16.8 Å². The van der Waals surface area contributed by atoms with Gasteiger partial charge in [-0.2, -0.15) is 0 Å². The maximum Gasteiger partial charge on any atom is 0.371 e. The number of aliphatic hydroxyl groups is 4. The third-order valence-electron chi connectivity index (χ3n) is 5.50. The Labute approximate surface area is 190 Å². The topological polar surface area (TPSA) is 157 Å². The molecule has 1 amide bonds. The number of carbonyl (C=O) groups is 2. The third-order valence-corrected chi connectivity index (χ3v) is 5.50. The molecule has 5 atom stereocenters. The van der Waals surface area contributed by atoms with Gasteiger partial charge in [-0.1, -0.05) is 48.6 Å². The van der Waals surface area contributed by atoms with Crippen molar-refractivity contribution >= 4 is 28.7 Å². The summed E-state index contributed by atoms with van der Waals surface area (Å²) >= 11 is 0. The van der Waals surface area contributed by atoms with Crippen molar-refractivity contribution in [3.8, 4) is 0 Å². The molecule has 0 radical (unpaired) electrons. The predicted octanol–water partition coefficient (Wildman–Crippen LogP) is 0.560. The Morgan fingerprint density at radius 1 is 1.15 bits per heavy atom. The van der Waals surface area contributed by atoms with Crippen LogP contribution in [0.1, 0.15) is 18.9 Å². The molecule has 3 rings (SSSR count). The van der Waals surface area contributed by atoms with Gasteiger partial charge < -0.3 is 35.6 Å². The van der Waals surface area contributed by atoms with Gasteiger partial charge in [-0.3, -0.25) is 4.79 Å². The molecule has 6 N–H and O–H groups in total. The summed E-state index contributed by atoms with van der Waals surface area (Å²) in [6.07, 6.45) is -3.00. The van der Waals surface area contributed by atoms with Gasteiger partial charge in [-0.15, -0.1) is 0 Å². The third kappa shape index (κ3) is 5.58. The molecule has 9 heteroatoms. The number of carboxylic acids is 1. The summed E-state index contributed by atoms with van der Waals surface area (Å²) in [5.41, 5.74) is 0.871. The number of carbonyl (C=O) groups excluding carboxylic acids is 1. The smallest absolute Gasteiger partial charge is 0.371 e. The van der Waals surface area contributed by atoms with Crippen molar-refractivity contribution in [3.05, 3.63) is 65.4 Å². The summed E-state index contributed by atoms with van der Waals surface area (Å²) in [7, 11) is 0. The second kappa shape index (κ2) is 10.6. The second-order valence-electron chi connectivity index (χ2n) is 7.87. The second-order valence-corrected chi connectivity index (χ2v) is 7.87. The number of ether oxygens (including phenoxy) is 1. The number of fused-ring (bicyclic) bond motifs is 1. The minimum Gasteiger partial charge on any atom is -0.478 e. The fourth-order valence-corrected chi connectivity index (χ4v) is 3.86. The first-order valence-corrected chi connectivity index (χ1v) is 10.4. The molecule has 1 aliphatic heterocycles. The molecule has 1 heterocycles. The van der Waals surface area contributed by atoms with Crippen molar-refractivity contribution in [2.45, 2.75) is 43.8 Å². The molecular weight excluding hydrogens is 430 g/mol. The van der Waals surface area contributed by atoms with Crippen molar-refractivity contribution < 1.29 is 39.9 Å². The van der Waals surface area contributed by atoms with Crippen LogP contribution in [0.4, 0.5) is 0 Å². The number of aliphatic carboxylic acids is 1. The first kappa shape index (κ1) is 24.4. The van der Waals surface area contributed by atoms with E-state index < -0.39 is 54.7 Å². The summed E-state index contributed by atoms with van der Waals surface area (Å²) < 4.78 is 5.44. The molecule has 0 fully saturated rings. The monoisotopic (exact) mass is 457 g/mol. The number of carboxylic acid groups (broad SMARTS) is 1. The minimum absolute atomic E-state index is 0.000211. The van der Waals surface area contributed by atoms with E-state index in [1.807, 2.05) is 42.5 Å². The van der Waals surface area contributed by atoms with Gasteiger partial charge in [0, 0.05) is 12.5 Å². The van der Waals surface area contributed by atoms with Crippen LogP contribution in [-0.4, -0.2) is 74.5 Å². The Morgan fingerprint density at radius 2 is 1.85 bits per heavy atom. The fraction of sp³-hybridized carbons (Fsp3) is 0.333. The van der Waals surface area contributed by atoms with Gasteiger partial charge in [0.2, 0.25) is 11.7 Å². The lowest BCUT2D eigenvalue weighted by Gasteiger charge is -2.40. The number of rotatable bonds is 8. The zero-order chi connectivity index (χ0) is 24.1. The number of hydrogen-bond donors (Lipinski definition) is 6. The Kier molecular flexibility index (Phi) is 7.83. The lowest BCUT2D eigenvalue weighted by molar-refractivity contribution is -0.150. The first-order valence-electron chi connectivity index (χ1n) is 10.4. The zero-order valence-corrected chi connectivity index (χ0v) is 18.0.